The number of ether oxygens (including phenoxy) is 2. The third-order valence-electron chi connectivity index (χ3n) is 3.80. The average molecular weight is 416 g/mol. The van der Waals surface area contributed by atoms with Crippen LogP contribution in [0.25, 0.3) is 0 Å². The first-order chi connectivity index (χ1) is 12.7. The van der Waals surface area contributed by atoms with Crippen LogP contribution in [0.1, 0.15) is 11.1 Å². The molecule has 2 aromatic carbocycles. The molecule has 3 nitrogen and oxygen atoms in total. The highest BCUT2D eigenvalue weighted by Gasteiger charge is 2.71. The van der Waals surface area contributed by atoms with Gasteiger partial charge < -0.3 is 14.6 Å². The largest absolute Gasteiger partial charge is 0.573 e. The first-order valence-corrected chi connectivity index (χ1v) is 7.40. The predicted octanol–water partition coefficient (Wildman–Crippen LogP) is 5.03. The van der Waals surface area contributed by atoms with Gasteiger partial charge in [0.25, 0.3) is 0 Å². The summed E-state index contributed by atoms with van der Waals surface area (Å²) in [5, 5.41) is 10.6. The van der Waals surface area contributed by atoms with E-state index in [0.29, 0.717) is 12.1 Å². The van der Waals surface area contributed by atoms with Gasteiger partial charge in [-0.05, 0) is 35.4 Å². The smallest absolute Gasteiger partial charge is 0.497 e. The number of hydrogen-bond acceptors (Lipinski definition) is 3. The van der Waals surface area contributed by atoms with E-state index >= 15 is 0 Å². The van der Waals surface area contributed by atoms with Crippen LogP contribution in [-0.4, -0.2) is 30.7 Å². The molecule has 2 aromatic rings. The molecule has 0 aromatic heterocycles. The summed E-state index contributed by atoms with van der Waals surface area (Å²) in [7, 11) is 1.21. The Morgan fingerprint density at radius 3 is 1.79 bits per heavy atom. The van der Waals surface area contributed by atoms with Crippen molar-refractivity contribution in [2.45, 2.75) is 24.1 Å². The van der Waals surface area contributed by atoms with E-state index in [1.165, 1.54) is 7.11 Å². The van der Waals surface area contributed by atoms with Crippen LogP contribution in [0.4, 0.5) is 35.1 Å². The SMILES string of the molecule is COc1ccc(C(O)(c2cccc(OC(F)(F)F)c2)C(F)(F)C(F)(F)F)cc1. The van der Waals surface area contributed by atoms with E-state index in [4.69, 9.17) is 4.74 Å². The van der Waals surface area contributed by atoms with Crippen molar-refractivity contribution in [2.24, 2.45) is 0 Å². The molecule has 0 aliphatic rings. The van der Waals surface area contributed by atoms with Crippen molar-refractivity contribution in [2.75, 3.05) is 7.11 Å². The molecule has 0 fully saturated rings. The lowest BCUT2D eigenvalue weighted by atomic mass is 9.80. The first kappa shape index (κ1) is 21.7. The minimum atomic E-state index is -6.22. The standard InChI is InChI=1S/C17H12F8O3/c1-27-12-7-5-10(6-8-12)14(26,15(18,19)16(20,21)22)11-3-2-4-13(9-11)28-17(23,24)25/h2-9,26H,1H3. The van der Waals surface area contributed by atoms with Crippen molar-refractivity contribution in [3.63, 3.8) is 0 Å². The molecule has 1 atom stereocenters. The van der Waals surface area contributed by atoms with Gasteiger partial charge in [0, 0.05) is 0 Å². The summed E-state index contributed by atoms with van der Waals surface area (Å²) >= 11 is 0. The van der Waals surface area contributed by atoms with Gasteiger partial charge in [0.05, 0.1) is 7.11 Å². The highest BCUT2D eigenvalue weighted by Crippen LogP contribution is 2.52. The Morgan fingerprint density at radius 2 is 1.32 bits per heavy atom. The summed E-state index contributed by atoms with van der Waals surface area (Å²) in [4.78, 5) is 0. The zero-order valence-electron chi connectivity index (χ0n) is 13.9. The molecule has 0 radical (unpaired) electrons. The lowest BCUT2D eigenvalue weighted by molar-refractivity contribution is -0.336. The summed E-state index contributed by atoms with van der Waals surface area (Å²) < 4.78 is 113. The van der Waals surface area contributed by atoms with Crippen LogP contribution in [0.15, 0.2) is 48.5 Å². The van der Waals surface area contributed by atoms with Crippen molar-refractivity contribution in [1.29, 1.82) is 0 Å². The van der Waals surface area contributed by atoms with Gasteiger partial charge in [0.15, 0.2) is 5.60 Å². The fourth-order valence-corrected chi connectivity index (χ4v) is 2.48. The van der Waals surface area contributed by atoms with Crippen LogP contribution in [0, 0.1) is 0 Å². The number of methoxy groups -OCH3 is 1. The van der Waals surface area contributed by atoms with Crippen molar-refractivity contribution < 1.29 is 49.7 Å². The van der Waals surface area contributed by atoms with Crippen molar-refractivity contribution in [3.05, 3.63) is 59.7 Å². The molecule has 0 saturated carbocycles. The molecular formula is C17H12F8O3. The van der Waals surface area contributed by atoms with Gasteiger partial charge in [-0.1, -0.05) is 24.3 Å². The van der Waals surface area contributed by atoms with Crippen LogP contribution < -0.4 is 9.47 Å². The summed E-state index contributed by atoms with van der Waals surface area (Å²) in [5.74, 6) is -6.74. The minimum Gasteiger partial charge on any atom is -0.497 e. The number of aliphatic hydroxyl groups is 1. The monoisotopic (exact) mass is 416 g/mol. The third kappa shape index (κ3) is 3.98. The zero-order valence-corrected chi connectivity index (χ0v) is 13.9. The Hall–Kier alpha value is -2.56. The van der Waals surface area contributed by atoms with Crippen molar-refractivity contribution in [3.8, 4) is 11.5 Å². The maximum atomic E-state index is 14.3. The van der Waals surface area contributed by atoms with Crippen molar-refractivity contribution in [1.82, 2.24) is 0 Å². The van der Waals surface area contributed by atoms with E-state index in [2.05, 4.69) is 4.74 Å². The lowest BCUT2D eigenvalue weighted by Gasteiger charge is -2.37. The zero-order chi connectivity index (χ0) is 21.4. The minimum absolute atomic E-state index is 0.0931. The van der Waals surface area contributed by atoms with Gasteiger partial charge >= 0.3 is 18.5 Å². The van der Waals surface area contributed by atoms with Crippen LogP contribution >= 0.6 is 0 Å². The normalized spacial score (nSPS) is 15.1. The third-order valence-corrected chi connectivity index (χ3v) is 3.80. The highest BCUT2D eigenvalue weighted by atomic mass is 19.4. The highest BCUT2D eigenvalue weighted by molar-refractivity contribution is 5.44. The molecule has 1 N–H and O–H groups in total. The van der Waals surface area contributed by atoms with Crippen LogP contribution in [-0.2, 0) is 5.60 Å². The molecule has 0 amide bonds. The summed E-state index contributed by atoms with van der Waals surface area (Å²) in [6.07, 6.45) is -11.4. The van der Waals surface area contributed by atoms with Gasteiger partial charge in [-0.15, -0.1) is 13.2 Å². The van der Waals surface area contributed by atoms with Gasteiger partial charge in [-0.25, -0.2) is 0 Å². The second-order valence-electron chi connectivity index (χ2n) is 5.59. The Morgan fingerprint density at radius 1 is 0.750 bits per heavy atom. The number of hydrogen-bond donors (Lipinski definition) is 1. The van der Waals surface area contributed by atoms with Crippen LogP contribution in [0.5, 0.6) is 11.5 Å². The lowest BCUT2D eigenvalue weighted by Crippen LogP contribution is -2.55. The summed E-state index contributed by atoms with van der Waals surface area (Å²) in [5.41, 5.74) is -6.11. The van der Waals surface area contributed by atoms with Gasteiger partial charge in [0.1, 0.15) is 11.5 Å². The summed E-state index contributed by atoms with van der Waals surface area (Å²) in [6, 6.07) is 5.86. The molecule has 0 heterocycles. The molecule has 0 aliphatic heterocycles. The molecule has 154 valence electrons. The molecule has 0 saturated heterocycles. The number of alkyl halides is 8. The fraction of sp³-hybridized carbons (Fsp3) is 0.294. The first-order valence-electron chi connectivity index (χ1n) is 7.40. The maximum Gasteiger partial charge on any atom is 0.573 e. The maximum absolute atomic E-state index is 14.3. The molecular weight excluding hydrogens is 404 g/mol. The average Bonchev–Trinajstić information content (AvgIpc) is 2.58. The Kier molecular flexibility index (Phi) is 5.52. The van der Waals surface area contributed by atoms with E-state index in [1.54, 1.807) is 0 Å². The molecule has 2 rings (SSSR count). The molecule has 0 spiro atoms. The van der Waals surface area contributed by atoms with E-state index < -0.39 is 40.9 Å². The van der Waals surface area contributed by atoms with Crippen molar-refractivity contribution >= 4 is 0 Å². The second-order valence-corrected chi connectivity index (χ2v) is 5.59. The Bertz CT molecular complexity index is 814. The van der Waals surface area contributed by atoms with E-state index in [9.17, 15) is 40.2 Å². The number of rotatable bonds is 5. The van der Waals surface area contributed by atoms with E-state index in [-0.39, 0.29) is 11.8 Å². The van der Waals surface area contributed by atoms with Gasteiger partial charge in [-0.2, -0.15) is 22.0 Å². The molecule has 0 aliphatic carbocycles. The number of halogens is 8. The molecule has 28 heavy (non-hydrogen) atoms. The van der Waals surface area contributed by atoms with E-state index in [0.717, 1.165) is 30.3 Å². The second kappa shape index (κ2) is 7.12. The van der Waals surface area contributed by atoms with Gasteiger partial charge in [-0.3, -0.25) is 0 Å². The van der Waals surface area contributed by atoms with Gasteiger partial charge in [0.2, 0.25) is 0 Å². The topological polar surface area (TPSA) is 38.7 Å². The van der Waals surface area contributed by atoms with E-state index in [1.807, 2.05) is 0 Å². The van der Waals surface area contributed by atoms with Crippen LogP contribution in [0.3, 0.4) is 0 Å². The quantitative estimate of drug-likeness (QED) is 0.696. The molecule has 0 bridgehead atoms. The Labute approximate surface area is 153 Å². The molecule has 11 heteroatoms. The number of benzene rings is 2. The van der Waals surface area contributed by atoms with Crippen LogP contribution in [0.2, 0.25) is 0 Å². The predicted molar refractivity (Wildman–Crippen MR) is 80.1 cm³/mol. The summed E-state index contributed by atoms with van der Waals surface area (Å²) in [6.45, 7) is 0. The fourth-order valence-electron chi connectivity index (χ4n) is 2.48. The Balaban J connectivity index is 2.70. The molecule has 1 unspecified atom stereocenters.